The first kappa shape index (κ1) is 41.7. The second kappa shape index (κ2) is 16.0. The minimum absolute atomic E-state index is 0.00387. The molecule has 0 saturated heterocycles. The maximum Gasteiger partial charge on any atom is 0.0728 e. The lowest BCUT2D eigenvalue weighted by Crippen LogP contribution is -2.14. The van der Waals surface area contributed by atoms with Gasteiger partial charge in [-0.05, 0) is 129 Å². The average Bonchev–Trinajstić information content (AvgIpc) is 4.01. The molecule has 0 spiro atoms. The Bertz CT molecular complexity index is 3830. The van der Waals surface area contributed by atoms with E-state index in [1.54, 1.807) is 0 Å². The number of benzene rings is 9. The van der Waals surface area contributed by atoms with E-state index in [0.29, 0.717) is 0 Å². The monoisotopic (exact) mass is 895 g/mol. The van der Waals surface area contributed by atoms with Crippen molar-refractivity contribution in [2.24, 2.45) is 0 Å². The van der Waals surface area contributed by atoms with E-state index < -0.39 is 0 Å². The number of aromatic nitrogens is 1. The number of fused-ring (bicyclic) bond motifs is 8. The Kier molecular flexibility index (Phi) is 9.83. The summed E-state index contributed by atoms with van der Waals surface area (Å²) in [5.41, 5.74) is 18.0. The number of hydrogen-bond acceptors (Lipinski definition) is 3. The molecule has 3 aromatic heterocycles. The average molecular weight is 896 g/mol. The molecule has 0 aliphatic carbocycles. The highest BCUT2D eigenvalue weighted by atomic mass is 32.1. The van der Waals surface area contributed by atoms with Crippen molar-refractivity contribution in [2.75, 3.05) is 9.80 Å². The Morgan fingerprint density at radius 1 is 0.368 bits per heavy atom. The highest BCUT2D eigenvalue weighted by molar-refractivity contribution is 7.26. The summed E-state index contributed by atoms with van der Waals surface area (Å²) >= 11 is 1.91. The Labute approximate surface area is 403 Å². The van der Waals surface area contributed by atoms with Gasteiger partial charge in [0.15, 0.2) is 0 Å². The zero-order chi connectivity index (χ0) is 46.3. The first-order valence-electron chi connectivity index (χ1n) is 23.8. The van der Waals surface area contributed by atoms with Crippen molar-refractivity contribution in [3.05, 3.63) is 223 Å². The van der Waals surface area contributed by atoms with Gasteiger partial charge in [0.1, 0.15) is 0 Å². The number of rotatable bonds is 8. The second-order valence-corrected chi connectivity index (χ2v) is 21.3. The number of anilines is 6. The van der Waals surface area contributed by atoms with E-state index in [2.05, 4.69) is 268 Å². The smallest absolute Gasteiger partial charge is 0.0728 e. The van der Waals surface area contributed by atoms with Crippen LogP contribution in [0, 0.1) is 0 Å². The molecule has 0 amide bonds. The lowest BCUT2D eigenvalue weighted by atomic mass is 9.86. The van der Waals surface area contributed by atoms with Crippen LogP contribution in [0.5, 0.6) is 0 Å². The molecule has 0 radical (unpaired) electrons. The second-order valence-electron chi connectivity index (χ2n) is 20.3. The molecule has 0 aliphatic rings. The summed E-state index contributed by atoms with van der Waals surface area (Å²) in [6.45, 7) is 13.8. The van der Waals surface area contributed by atoms with Crippen LogP contribution >= 0.6 is 11.3 Å². The van der Waals surface area contributed by atoms with Gasteiger partial charge in [-0.15, -0.1) is 11.3 Å². The minimum atomic E-state index is -0.0133. The molecule has 9 aromatic carbocycles. The van der Waals surface area contributed by atoms with Crippen LogP contribution in [0.1, 0.15) is 52.7 Å². The molecule has 0 aliphatic heterocycles. The molecule has 330 valence electrons. The normalized spacial score (nSPS) is 12.3. The Balaban J connectivity index is 1.07. The van der Waals surface area contributed by atoms with E-state index in [4.69, 9.17) is 0 Å². The van der Waals surface area contributed by atoms with Gasteiger partial charge in [-0.3, -0.25) is 0 Å². The molecular formula is C64H53N3S. The summed E-state index contributed by atoms with van der Waals surface area (Å²) in [7, 11) is 0. The summed E-state index contributed by atoms with van der Waals surface area (Å²) in [5.74, 6) is 0. The van der Waals surface area contributed by atoms with Crippen molar-refractivity contribution >= 4 is 93.0 Å². The summed E-state index contributed by atoms with van der Waals surface area (Å²) in [6, 6.07) is 78.5. The van der Waals surface area contributed by atoms with Crippen LogP contribution in [0.25, 0.3) is 69.7 Å². The SMILES string of the molecule is CC(C)(C)c1cccc(N(c2cccc(-c3ccccc3)c2)c2ccc3c(c2)sc2c4ccc(N(c5cccc(-c6ccccc6)c5)c5cccc(C(C)(C)C)c5)c5c6ccccc6n(c32)c45)c1. The van der Waals surface area contributed by atoms with Crippen molar-refractivity contribution in [3.8, 4) is 22.3 Å². The summed E-state index contributed by atoms with van der Waals surface area (Å²) in [5, 5.41) is 5.06. The lowest BCUT2D eigenvalue weighted by Gasteiger charge is -2.29. The Morgan fingerprint density at radius 2 is 0.853 bits per heavy atom. The largest absolute Gasteiger partial charge is 0.310 e. The van der Waals surface area contributed by atoms with E-state index in [9.17, 15) is 0 Å². The highest BCUT2D eigenvalue weighted by Crippen LogP contribution is 2.52. The minimum Gasteiger partial charge on any atom is -0.310 e. The molecule has 3 nitrogen and oxygen atoms in total. The standard InChI is InChI=1S/C64H53N3S/c1-63(2,3)46-25-17-29-50(39-46)65(48-27-15-23-44(37-48)42-19-9-7-10-20-42)52-33-34-54-58(41-52)68-62-55-35-36-57(59-53-31-13-14-32-56(53)67(60(55)59)61(54)62)66(51-30-18-26-47(40-51)64(4,5)6)49-28-16-24-45(38-49)43-21-11-8-12-22-43/h7-41H,1-6H3. The molecule has 0 N–H and O–H groups in total. The van der Waals surface area contributed by atoms with Crippen LogP contribution in [-0.2, 0) is 10.8 Å². The Morgan fingerprint density at radius 3 is 1.46 bits per heavy atom. The van der Waals surface area contributed by atoms with Crippen LogP contribution < -0.4 is 9.80 Å². The fourth-order valence-corrected chi connectivity index (χ4v) is 11.6. The third kappa shape index (κ3) is 7.02. The van der Waals surface area contributed by atoms with Gasteiger partial charge >= 0.3 is 0 Å². The predicted octanol–water partition coefficient (Wildman–Crippen LogP) is 18.9. The molecule has 4 heteroatoms. The first-order valence-corrected chi connectivity index (χ1v) is 24.6. The van der Waals surface area contributed by atoms with E-state index in [-0.39, 0.29) is 10.8 Å². The maximum absolute atomic E-state index is 2.56. The first-order chi connectivity index (χ1) is 33.0. The van der Waals surface area contributed by atoms with E-state index in [0.717, 1.165) is 28.4 Å². The fraction of sp³-hybridized carbons (Fsp3) is 0.125. The number of thiophene rings is 1. The van der Waals surface area contributed by atoms with Gasteiger partial charge in [0.05, 0.1) is 26.9 Å². The molecule has 0 saturated carbocycles. The molecule has 68 heavy (non-hydrogen) atoms. The van der Waals surface area contributed by atoms with E-state index >= 15 is 0 Å². The molecule has 0 fully saturated rings. The molecular weight excluding hydrogens is 843 g/mol. The van der Waals surface area contributed by atoms with Crippen molar-refractivity contribution in [2.45, 2.75) is 52.4 Å². The predicted molar refractivity (Wildman–Crippen MR) is 294 cm³/mol. The molecule has 12 aromatic rings. The van der Waals surface area contributed by atoms with E-state index in [1.165, 1.54) is 86.6 Å². The third-order valence-corrected chi connectivity index (χ3v) is 14.9. The van der Waals surface area contributed by atoms with Crippen LogP contribution in [0.15, 0.2) is 212 Å². The summed E-state index contributed by atoms with van der Waals surface area (Å²) in [6.07, 6.45) is 0. The number of para-hydroxylation sites is 1. The molecule has 0 unspecified atom stereocenters. The number of nitrogens with zero attached hydrogens (tertiary/aromatic N) is 3. The summed E-state index contributed by atoms with van der Waals surface area (Å²) < 4.78 is 5.15. The quantitative estimate of drug-likeness (QED) is 0.150. The highest BCUT2D eigenvalue weighted by Gasteiger charge is 2.28. The van der Waals surface area contributed by atoms with Crippen molar-refractivity contribution in [1.82, 2.24) is 4.40 Å². The van der Waals surface area contributed by atoms with Crippen LogP contribution in [-0.4, -0.2) is 4.40 Å². The summed E-state index contributed by atoms with van der Waals surface area (Å²) in [4.78, 5) is 4.93. The molecule has 3 heterocycles. The molecule has 0 bridgehead atoms. The van der Waals surface area contributed by atoms with Crippen LogP contribution in [0.4, 0.5) is 34.1 Å². The van der Waals surface area contributed by atoms with Gasteiger partial charge in [0, 0.05) is 54.7 Å². The zero-order valence-corrected chi connectivity index (χ0v) is 40.3. The van der Waals surface area contributed by atoms with Crippen molar-refractivity contribution < 1.29 is 0 Å². The Hall–Kier alpha value is -7.66. The zero-order valence-electron chi connectivity index (χ0n) is 39.5. The van der Waals surface area contributed by atoms with Gasteiger partial charge in [0.25, 0.3) is 0 Å². The van der Waals surface area contributed by atoms with E-state index in [1.807, 2.05) is 11.3 Å². The lowest BCUT2D eigenvalue weighted by molar-refractivity contribution is 0.590. The molecule has 12 rings (SSSR count). The third-order valence-electron chi connectivity index (χ3n) is 13.8. The maximum atomic E-state index is 2.56. The molecule has 0 atom stereocenters. The van der Waals surface area contributed by atoms with Gasteiger partial charge in [0.2, 0.25) is 0 Å². The van der Waals surface area contributed by atoms with Gasteiger partial charge in [-0.2, -0.15) is 0 Å². The number of hydrogen-bond donors (Lipinski definition) is 0. The van der Waals surface area contributed by atoms with Crippen molar-refractivity contribution in [3.63, 3.8) is 0 Å². The van der Waals surface area contributed by atoms with Gasteiger partial charge < -0.3 is 14.2 Å². The van der Waals surface area contributed by atoms with Crippen LogP contribution in [0.3, 0.4) is 0 Å². The van der Waals surface area contributed by atoms with Crippen molar-refractivity contribution in [1.29, 1.82) is 0 Å². The fourth-order valence-electron chi connectivity index (χ4n) is 10.3. The van der Waals surface area contributed by atoms with Gasteiger partial charge in [-0.1, -0.05) is 169 Å². The van der Waals surface area contributed by atoms with Gasteiger partial charge in [-0.25, -0.2) is 0 Å². The van der Waals surface area contributed by atoms with Crippen LogP contribution in [0.2, 0.25) is 0 Å². The topological polar surface area (TPSA) is 10.9 Å².